The Labute approximate surface area is 135 Å². The molecule has 0 aliphatic carbocycles. The van der Waals surface area contributed by atoms with E-state index in [-0.39, 0.29) is 34.9 Å². The van der Waals surface area contributed by atoms with Gasteiger partial charge in [-0.1, -0.05) is 13.0 Å². The first kappa shape index (κ1) is 17.9. The molecule has 0 unspecified atom stereocenters. The van der Waals surface area contributed by atoms with Gasteiger partial charge in [0.1, 0.15) is 0 Å². The maximum absolute atomic E-state index is 12.9. The maximum Gasteiger partial charge on any atom is 0.335 e. The smallest absolute Gasteiger partial charge is 0.335 e. The van der Waals surface area contributed by atoms with Crippen LogP contribution in [0.5, 0.6) is 0 Å². The van der Waals surface area contributed by atoms with E-state index in [1.807, 2.05) is 0 Å². The molecule has 128 valence electrons. The summed E-state index contributed by atoms with van der Waals surface area (Å²) >= 11 is 0. The summed E-state index contributed by atoms with van der Waals surface area (Å²) in [7, 11) is -7.19. The highest BCUT2D eigenvalue weighted by Crippen LogP contribution is 2.27. The quantitative estimate of drug-likeness (QED) is 0.834. The molecule has 1 N–H and O–H groups in total. The summed E-state index contributed by atoms with van der Waals surface area (Å²) in [5.74, 6) is -1.44. The number of rotatable bonds is 5. The molecular weight excluding hydrogens is 342 g/mol. The molecule has 1 aromatic rings. The Bertz CT molecular complexity index is 829. The minimum Gasteiger partial charge on any atom is -0.478 e. The van der Waals surface area contributed by atoms with Crippen LogP contribution in [-0.2, 0) is 19.9 Å². The first-order chi connectivity index (χ1) is 10.6. The first-order valence-electron chi connectivity index (χ1n) is 7.14. The molecule has 0 amide bonds. The maximum atomic E-state index is 12.9. The number of hydrogen-bond donors (Lipinski definition) is 1. The number of hydrogen-bond acceptors (Lipinski definition) is 5. The molecule has 1 atom stereocenters. The lowest BCUT2D eigenvalue weighted by atomic mass is 10.1. The lowest BCUT2D eigenvalue weighted by Crippen LogP contribution is -2.41. The molecule has 1 fully saturated rings. The highest BCUT2D eigenvalue weighted by Gasteiger charge is 2.38. The van der Waals surface area contributed by atoms with Gasteiger partial charge in [-0.3, -0.25) is 0 Å². The molecule has 1 aliphatic heterocycles. The van der Waals surface area contributed by atoms with Crippen LogP contribution in [0.1, 0.15) is 29.3 Å². The van der Waals surface area contributed by atoms with Gasteiger partial charge in [0.2, 0.25) is 10.0 Å². The van der Waals surface area contributed by atoms with Crippen LogP contribution in [0.25, 0.3) is 0 Å². The zero-order chi connectivity index (χ0) is 17.4. The van der Waals surface area contributed by atoms with Crippen molar-refractivity contribution in [3.63, 3.8) is 0 Å². The Balaban J connectivity index is 2.48. The van der Waals surface area contributed by atoms with Crippen LogP contribution in [0.3, 0.4) is 0 Å². The van der Waals surface area contributed by atoms with Crippen LogP contribution >= 0.6 is 0 Å². The Hall–Kier alpha value is -1.45. The van der Waals surface area contributed by atoms with Crippen LogP contribution in [0, 0.1) is 6.92 Å². The van der Waals surface area contributed by atoms with E-state index in [2.05, 4.69) is 0 Å². The SMILES string of the molecule is CCN([C@H]1CCS(=O)(=O)C1)S(=O)(=O)c1cc(C(=O)O)ccc1C. The molecule has 0 aromatic heterocycles. The van der Waals surface area contributed by atoms with E-state index in [0.717, 1.165) is 10.4 Å². The predicted octanol–water partition coefficient (Wildman–Crippen LogP) is 0.891. The highest BCUT2D eigenvalue weighted by molar-refractivity contribution is 7.92. The average Bonchev–Trinajstić information content (AvgIpc) is 2.79. The molecule has 1 aromatic carbocycles. The van der Waals surface area contributed by atoms with Crippen molar-refractivity contribution in [3.8, 4) is 0 Å². The van der Waals surface area contributed by atoms with Gasteiger partial charge in [0.05, 0.1) is 22.0 Å². The molecule has 9 heteroatoms. The van der Waals surface area contributed by atoms with E-state index >= 15 is 0 Å². The minimum atomic E-state index is -3.97. The number of benzene rings is 1. The largest absolute Gasteiger partial charge is 0.478 e. The van der Waals surface area contributed by atoms with Gasteiger partial charge < -0.3 is 5.11 Å². The van der Waals surface area contributed by atoms with Crippen LogP contribution < -0.4 is 0 Å². The lowest BCUT2D eigenvalue weighted by Gasteiger charge is -2.26. The second-order valence-corrected chi connectivity index (χ2v) is 9.64. The Morgan fingerprint density at radius 3 is 2.52 bits per heavy atom. The number of aryl methyl sites for hydroxylation is 1. The number of aromatic carboxylic acids is 1. The summed E-state index contributed by atoms with van der Waals surface area (Å²) in [6.07, 6.45) is 0.257. The summed E-state index contributed by atoms with van der Waals surface area (Å²) in [4.78, 5) is 11.0. The van der Waals surface area contributed by atoms with Crippen LogP contribution in [-0.4, -0.2) is 56.3 Å². The average molecular weight is 361 g/mol. The summed E-state index contributed by atoms with van der Waals surface area (Å²) in [6.45, 7) is 3.34. The van der Waals surface area contributed by atoms with Crippen molar-refractivity contribution >= 4 is 25.8 Å². The molecule has 0 saturated carbocycles. The monoisotopic (exact) mass is 361 g/mol. The van der Waals surface area contributed by atoms with Gasteiger partial charge in [-0.2, -0.15) is 4.31 Å². The van der Waals surface area contributed by atoms with Gasteiger partial charge in [-0.25, -0.2) is 21.6 Å². The molecule has 2 rings (SSSR count). The van der Waals surface area contributed by atoms with E-state index in [1.54, 1.807) is 13.8 Å². The van der Waals surface area contributed by atoms with E-state index in [1.165, 1.54) is 12.1 Å². The van der Waals surface area contributed by atoms with Crippen LogP contribution in [0.2, 0.25) is 0 Å². The van der Waals surface area contributed by atoms with Gasteiger partial charge in [-0.15, -0.1) is 0 Å². The summed E-state index contributed by atoms with van der Waals surface area (Å²) < 4.78 is 50.2. The topological polar surface area (TPSA) is 109 Å². The molecule has 1 heterocycles. The standard InChI is InChI=1S/C14H19NO6S2/c1-3-15(12-6-7-22(18,19)9-12)23(20,21)13-8-11(14(16)17)5-4-10(13)2/h4-5,8,12H,3,6-7,9H2,1-2H3,(H,16,17)/t12-/m0/s1. The lowest BCUT2D eigenvalue weighted by molar-refractivity contribution is 0.0696. The number of carboxylic acids is 1. The van der Waals surface area contributed by atoms with E-state index in [4.69, 9.17) is 5.11 Å². The van der Waals surface area contributed by atoms with Crippen molar-refractivity contribution in [2.75, 3.05) is 18.1 Å². The molecule has 7 nitrogen and oxygen atoms in total. The summed E-state index contributed by atoms with van der Waals surface area (Å²) in [6, 6.07) is 3.30. The van der Waals surface area contributed by atoms with Gasteiger partial charge in [0, 0.05) is 12.6 Å². The van der Waals surface area contributed by atoms with Crippen molar-refractivity contribution in [3.05, 3.63) is 29.3 Å². The third kappa shape index (κ3) is 3.56. The van der Waals surface area contributed by atoms with Crippen molar-refractivity contribution < 1.29 is 26.7 Å². The van der Waals surface area contributed by atoms with Crippen molar-refractivity contribution in [1.29, 1.82) is 0 Å². The molecule has 1 saturated heterocycles. The normalized spacial score (nSPS) is 20.7. The molecule has 0 bridgehead atoms. The fourth-order valence-corrected chi connectivity index (χ4v) is 6.51. The molecule has 0 radical (unpaired) electrons. The van der Waals surface area contributed by atoms with E-state index < -0.39 is 31.9 Å². The van der Waals surface area contributed by atoms with Crippen molar-refractivity contribution in [1.82, 2.24) is 4.31 Å². The third-order valence-corrected chi connectivity index (χ3v) is 7.87. The number of sulfonamides is 1. The van der Waals surface area contributed by atoms with Crippen molar-refractivity contribution in [2.45, 2.75) is 31.2 Å². The Kier molecular flexibility index (Phi) is 4.84. The minimum absolute atomic E-state index is 0.0299. The van der Waals surface area contributed by atoms with Crippen molar-refractivity contribution in [2.24, 2.45) is 0 Å². The van der Waals surface area contributed by atoms with Gasteiger partial charge in [0.15, 0.2) is 9.84 Å². The zero-order valence-electron chi connectivity index (χ0n) is 12.9. The first-order valence-corrected chi connectivity index (χ1v) is 10.4. The number of sulfone groups is 1. The predicted molar refractivity (Wildman–Crippen MR) is 84.8 cm³/mol. The zero-order valence-corrected chi connectivity index (χ0v) is 14.5. The van der Waals surface area contributed by atoms with Gasteiger partial charge in [0.25, 0.3) is 0 Å². The molecule has 0 spiro atoms. The van der Waals surface area contributed by atoms with Crippen LogP contribution in [0.4, 0.5) is 0 Å². The second kappa shape index (κ2) is 6.21. The molecule has 1 aliphatic rings. The van der Waals surface area contributed by atoms with Crippen LogP contribution in [0.15, 0.2) is 23.1 Å². The Morgan fingerprint density at radius 1 is 1.39 bits per heavy atom. The number of nitrogens with zero attached hydrogens (tertiary/aromatic N) is 1. The fraction of sp³-hybridized carbons (Fsp3) is 0.500. The number of carbonyl (C=O) groups is 1. The third-order valence-electron chi connectivity index (χ3n) is 3.95. The van der Waals surface area contributed by atoms with E-state index in [0.29, 0.717) is 5.56 Å². The van der Waals surface area contributed by atoms with E-state index in [9.17, 15) is 21.6 Å². The number of carboxylic acid groups (broad SMARTS) is 1. The Morgan fingerprint density at radius 2 is 2.04 bits per heavy atom. The second-order valence-electron chi connectivity index (χ2n) is 5.55. The highest BCUT2D eigenvalue weighted by atomic mass is 32.2. The summed E-state index contributed by atoms with van der Waals surface area (Å²) in [5, 5.41) is 9.05. The van der Waals surface area contributed by atoms with Gasteiger partial charge >= 0.3 is 5.97 Å². The molecule has 23 heavy (non-hydrogen) atoms. The molecular formula is C14H19NO6S2. The fourth-order valence-electron chi connectivity index (χ4n) is 2.76. The summed E-state index contributed by atoms with van der Waals surface area (Å²) in [5.41, 5.74) is 0.304. The van der Waals surface area contributed by atoms with Gasteiger partial charge in [-0.05, 0) is 31.0 Å².